The molecule has 0 heterocycles. The van der Waals surface area contributed by atoms with Gasteiger partial charge in [0.2, 0.25) is 0 Å². The zero-order chi connectivity index (χ0) is 13.2. The van der Waals surface area contributed by atoms with Gasteiger partial charge in [-0.15, -0.1) is 0 Å². The third kappa shape index (κ3) is 2.94. The number of ether oxygens (including phenoxy) is 1. The highest BCUT2D eigenvalue weighted by molar-refractivity contribution is 5.37. The van der Waals surface area contributed by atoms with Crippen molar-refractivity contribution >= 4 is 0 Å². The van der Waals surface area contributed by atoms with Crippen molar-refractivity contribution in [2.24, 2.45) is 0 Å². The van der Waals surface area contributed by atoms with E-state index in [0.717, 1.165) is 12.1 Å². The highest BCUT2D eigenvalue weighted by Gasteiger charge is 2.30. The number of phenols is 1. The lowest BCUT2D eigenvalue weighted by molar-refractivity contribution is -0.137. The summed E-state index contributed by atoms with van der Waals surface area (Å²) in [5.41, 5.74) is -0.765. The molecule has 2 aromatic carbocycles. The Bertz CT molecular complexity index is 533. The average molecular weight is 254 g/mol. The van der Waals surface area contributed by atoms with Crippen LogP contribution in [0, 0.1) is 0 Å². The molecule has 0 fully saturated rings. The van der Waals surface area contributed by atoms with E-state index < -0.39 is 11.7 Å². The van der Waals surface area contributed by atoms with E-state index in [2.05, 4.69) is 0 Å². The van der Waals surface area contributed by atoms with Gasteiger partial charge in [0.25, 0.3) is 0 Å². The van der Waals surface area contributed by atoms with Crippen molar-refractivity contribution < 1.29 is 23.0 Å². The van der Waals surface area contributed by atoms with Crippen LogP contribution in [0.4, 0.5) is 13.2 Å². The predicted molar refractivity (Wildman–Crippen MR) is 59.6 cm³/mol. The summed E-state index contributed by atoms with van der Waals surface area (Å²) in [4.78, 5) is 0. The van der Waals surface area contributed by atoms with Crippen molar-refractivity contribution in [2.45, 2.75) is 6.18 Å². The molecule has 0 aliphatic carbocycles. The summed E-state index contributed by atoms with van der Waals surface area (Å²) in [6, 6.07) is 10.3. The molecule has 18 heavy (non-hydrogen) atoms. The fourth-order valence-electron chi connectivity index (χ4n) is 1.39. The van der Waals surface area contributed by atoms with E-state index in [1.165, 1.54) is 36.4 Å². The second-order valence-corrected chi connectivity index (χ2v) is 3.62. The molecule has 0 aromatic heterocycles. The van der Waals surface area contributed by atoms with Crippen molar-refractivity contribution in [2.75, 3.05) is 0 Å². The fraction of sp³-hybridized carbons (Fsp3) is 0.0769. The predicted octanol–water partition coefficient (Wildman–Crippen LogP) is 4.20. The molecule has 2 nitrogen and oxygen atoms in total. The molecule has 2 aromatic rings. The monoisotopic (exact) mass is 254 g/mol. The average Bonchev–Trinajstić information content (AvgIpc) is 2.31. The summed E-state index contributed by atoms with van der Waals surface area (Å²) in [7, 11) is 0. The number of alkyl halides is 3. The van der Waals surface area contributed by atoms with Gasteiger partial charge in [-0.25, -0.2) is 0 Å². The molecule has 0 unspecified atom stereocenters. The minimum absolute atomic E-state index is 0.0615. The highest BCUT2D eigenvalue weighted by Crippen LogP contribution is 2.32. The minimum Gasteiger partial charge on any atom is -0.508 e. The van der Waals surface area contributed by atoms with Gasteiger partial charge in [-0.05, 0) is 42.5 Å². The maximum Gasteiger partial charge on any atom is 0.416 e. The van der Waals surface area contributed by atoms with Crippen molar-refractivity contribution in [3.63, 3.8) is 0 Å². The van der Waals surface area contributed by atoms with Gasteiger partial charge in [-0.3, -0.25) is 0 Å². The Kier molecular flexibility index (Phi) is 3.14. The number of benzene rings is 2. The van der Waals surface area contributed by atoms with Crippen molar-refractivity contribution in [1.82, 2.24) is 0 Å². The molecule has 0 radical (unpaired) electrons. The van der Waals surface area contributed by atoms with Gasteiger partial charge in [-0.2, -0.15) is 13.2 Å². The highest BCUT2D eigenvalue weighted by atomic mass is 19.4. The van der Waals surface area contributed by atoms with E-state index in [-0.39, 0.29) is 11.5 Å². The summed E-state index contributed by atoms with van der Waals surface area (Å²) in [5.74, 6) is 0.508. The van der Waals surface area contributed by atoms with Crippen molar-refractivity contribution in [3.05, 3.63) is 54.1 Å². The molecule has 0 amide bonds. The summed E-state index contributed by atoms with van der Waals surface area (Å²) >= 11 is 0. The third-order valence-electron chi connectivity index (χ3n) is 2.23. The molecule has 0 saturated heterocycles. The number of hydrogen-bond donors (Lipinski definition) is 1. The molecule has 0 saturated carbocycles. The van der Waals surface area contributed by atoms with E-state index in [1.54, 1.807) is 0 Å². The first-order chi connectivity index (χ1) is 8.45. The molecular weight excluding hydrogens is 245 g/mol. The molecule has 2 rings (SSSR count). The lowest BCUT2D eigenvalue weighted by Crippen LogP contribution is -2.04. The minimum atomic E-state index is -4.39. The Balaban J connectivity index is 2.22. The number of phenolic OH excluding ortho intramolecular Hbond substituents is 1. The van der Waals surface area contributed by atoms with Crippen LogP contribution in [-0.4, -0.2) is 5.11 Å². The molecule has 5 heteroatoms. The first kappa shape index (κ1) is 12.3. The number of hydrogen-bond acceptors (Lipinski definition) is 2. The zero-order valence-corrected chi connectivity index (χ0v) is 9.11. The Morgan fingerprint density at radius 1 is 0.889 bits per heavy atom. The Morgan fingerprint density at radius 3 is 2.17 bits per heavy atom. The van der Waals surface area contributed by atoms with E-state index in [4.69, 9.17) is 9.84 Å². The zero-order valence-electron chi connectivity index (χ0n) is 9.11. The van der Waals surface area contributed by atoms with E-state index in [0.29, 0.717) is 5.75 Å². The van der Waals surface area contributed by atoms with Crippen molar-refractivity contribution in [1.29, 1.82) is 0 Å². The van der Waals surface area contributed by atoms with Crippen LogP contribution in [0.15, 0.2) is 48.5 Å². The first-order valence-electron chi connectivity index (χ1n) is 5.09. The summed E-state index contributed by atoms with van der Waals surface area (Å²) in [5, 5.41) is 9.07. The van der Waals surface area contributed by atoms with Gasteiger partial charge in [0.1, 0.15) is 17.2 Å². The molecule has 0 aliphatic rings. The second-order valence-electron chi connectivity index (χ2n) is 3.62. The van der Waals surface area contributed by atoms with Gasteiger partial charge in [0.05, 0.1) is 5.56 Å². The van der Waals surface area contributed by atoms with Gasteiger partial charge in [0.15, 0.2) is 0 Å². The molecule has 0 aliphatic heterocycles. The van der Waals surface area contributed by atoms with E-state index in [9.17, 15) is 13.2 Å². The maximum absolute atomic E-state index is 12.5. The standard InChI is InChI=1S/C13H9F3O2/c14-13(15,16)9-2-1-3-12(8-9)18-11-6-4-10(17)5-7-11/h1-8,17H. The topological polar surface area (TPSA) is 29.5 Å². The number of halogens is 3. The fourth-order valence-corrected chi connectivity index (χ4v) is 1.39. The van der Waals surface area contributed by atoms with Crippen LogP contribution in [0.1, 0.15) is 5.56 Å². The summed E-state index contributed by atoms with van der Waals surface area (Å²) in [6.45, 7) is 0. The van der Waals surface area contributed by atoms with Gasteiger partial charge in [0, 0.05) is 0 Å². The van der Waals surface area contributed by atoms with Gasteiger partial charge >= 0.3 is 6.18 Å². The normalized spacial score (nSPS) is 11.3. The van der Waals surface area contributed by atoms with Crippen LogP contribution >= 0.6 is 0 Å². The van der Waals surface area contributed by atoms with Crippen LogP contribution in [-0.2, 0) is 6.18 Å². The summed E-state index contributed by atoms with van der Waals surface area (Å²) in [6.07, 6.45) is -4.39. The lowest BCUT2D eigenvalue weighted by Gasteiger charge is -2.09. The van der Waals surface area contributed by atoms with E-state index in [1.807, 2.05) is 0 Å². The number of rotatable bonds is 2. The van der Waals surface area contributed by atoms with Crippen LogP contribution in [0.3, 0.4) is 0 Å². The van der Waals surface area contributed by atoms with Crippen LogP contribution < -0.4 is 4.74 Å². The SMILES string of the molecule is Oc1ccc(Oc2cccc(C(F)(F)F)c2)cc1. The molecule has 1 N–H and O–H groups in total. The van der Waals surface area contributed by atoms with E-state index >= 15 is 0 Å². The first-order valence-corrected chi connectivity index (χ1v) is 5.09. The quantitative estimate of drug-likeness (QED) is 0.870. The molecule has 0 bridgehead atoms. The Labute approximate surface area is 101 Å². The van der Waals surface area contributed by atoms with Crippen LogP contribution in [0.2, 0.25) is 0 Å². The summed E-state index contributed by atoms with van der Waals surface area (Å²) < 4.78 is 42.7. The third-order valence-corrected chi connectivity index (χ3v) is 2.23. The Morgan fingerprint density at radius 2 is 1.56 bits per heavy atom. The largest absolute Gasteiger partial charge is 0.508 e. The molecule has 94 valence electrons. The smallest absolute Gasteiger partial charge is 0.416 e. The van der Waals surface area contributed by atoms with Crippen LogP contribution in [0.25, 0.3) is 0 Å². The molecule has 0 spiro atoms. The van der Waals surface area contributed by atoms with Crippen LogP contribution in [0.5, 0.6) is 17.2 Å². The Hall–Kier alpha value is -2.17. The van der Waals surface area contributed by atoms with Crippen molar-refractivity contribution in [3.8, 4) is 17.2 Å². The lowest BCUT2D eigenvalue weighted by atomic mass is 10.2. The number of aromatic hydroxyl groups is 1. The van der Waals surface area contributed by atoms with Gasteiger partial charge < -0.3 is 9.84 Å². The maximum atomic E-state index is 12.5. The van der Waals surface area contributed by atoms with Gasteiger partial charge in [-0.1, -0.05) is 6.07 Å². The second kappa shape index (κ2) is 4.60. The molecular formula is C13H9F3O2. The molecule has 0 atom stereocenters.